The molecule has 0 bridgehead atoms. The number of hydrogen-bond acceptors (Lipinski definition) is 5. The summed E-state index contributed by atoms with van der Waals surface area (Å²) >= 11 is 1.47. The topological polar surface area (TPSA) is 74.1 Å². The van der Waals surface area contributed by atoms with Crippen LogP contribution in [0.3, 0.4) is 0 Å². The third kappa shape index (κ3) is 2.78. The van der Waals surface area contributed by atoms with Gasteiger partial charge < -0.3 is 0 Å². The molecule has 88 valence electrons. The summed E-state index contributed by atoms with van der Waals surface area (Å²) in [6, 6.07) is 1.73. The van der Waals surface area contributed by atoms with E-state index < -0.39 is 15.3 Å². The van der Waals surface area contributed by atoms with Crippen LogP contribution in [0.1, 0.15) is 17.6 Å². The van der Waals surface area contributed by atoms with Crippen LogP contribution in [0, 0.1) is 18.3 Å². The lowest BCUT2D eigenvalue weighted by molar-refractivity contribution is 0.459. The largest absolute Gasteiger partial charge is 0.245 e. The highest BCUT2D eigenvalue weighted by Gasteiger charge is 2.26. The van der Waals surface area contributed by atoms with Gasteiger partial charge in [0.2, 0.25) is 10.0 Å². The summed E-state index contributed by atoms with van der Waals surface area (Å²) < 4.78 is 24.7. The summed E-state index contributed by atoms with van der Waals surface area (Å²) in [5.41, 5.74) is 0.707. The van der Waals surface area contributed by atoms with E-state index in [1.807, 2.05) is 12.3 Å². The van der Waals surface area contributed by atoms with E-state index >= 15 is 0 Å². The summed E-state index contributed by atoms with van der Waals surface area (Å²) in [4.78, 5) is 4.18. The molecule has 0 saturated heterocycles. The van der Waals surface area contributed by atoms with Crippen molar-refractivity contribution in [2.45, 2.75) is 25.6 Å². The highest BCUT2D eigenvalue weighted by atomic mass is 32.2. The summed E-state index contributed by atoms with van der Waals surface area (Å²) in [5.74, 6) is 0. The van der Waals surface area contributed by atoms with Crippen molar-refractivity contribution in [3.05, 3.63) is 16.1 Å². The molecule has 1 unspecified atom stereocenters. The van der Waals surface area contributed by atoms with Crippen LogP contribution in [0.2, 0.25) is 0 Å². The van der Waals surface area contributed by atoms with Gasteiger partial charge in [-0.3, -0.25) is 0 Å². The number of aromatic nitrogens is 1. The predicted octanol–water partition coefficient (Wildman–Crippen LogP) is 1.13. The summed E-state index contributed by atoms with van der Waals surface area (Å²) in [6.45, 7) is 3.44. The van der Waals surface area contributed by atoms with Crippen LogP contribution in [0.4, 0.5) is 0 Å². The molecule has 0 radical (unpaired) electrons. The van der Waals surface area contributed by atoms with Gasteiger partial charge in [0.1, 0.15) is 0 Å². The van der Waals surface area contributed by atoms with Gasteiger partial charge in [-0.25, -0.2) is 13.4 Å². The maximum atomic E-state index is 11.8. The Morgan fingerprint density at radius 3 is 2.75 bits per heavy atom. The Hall–Kier alpha value is -0.970. The molecule has 5 nitrogen and oxygen atoms in total. The molecule has 1 aromatic rings. The van der Waals surface area contributed by atoms with E-state index in [1.165, 1.54) is 25.3 Å². The van der Waals surface area contributed by atoms with Crippen molar-refractivity contribution in [1.82, 2.24) is 9.29 Å². The van der Waals surface area contributed by atoms with Gasteiger partial charge in [-0.2, -0.15) is 9.57 Å². The maximum absolute atomic E-state index is 11.8. The molecule has 0 amide bonds. The molecule has 0 aliphatic heterocycles. The Bertz CT molecular complexity index is 501. The average Bonchev–Trinajstić information content (AvgIpc) is 2.62. The second-order valence-electron chi connectivity index (χ2n) is 3.43. The summed E-state index contributed by atoms with van der Waals surface area (Å²) in [7, 11) is -2.08. The molecule has 0 aromatic carbocycles. The second kappa shape index (κ2) is 4.91. The van der Waals surface area contributed by atoms with E-state index in [2.05, 4.69) is 4.98 Å². The Balaban J connectivity index is 2.81. The number of rotatable bonds is 4. The van der Waals surface area contributed by atoms with E-state index in [4.69, 9.17) is 5.26 Å². The normalized spacial score (nSPS) is 13.7. The first-order chi connectivity index (χ1) is 7.37. The first-order valence-corrected chi connectivity index (χ1v) is 7.02. The third-order valence-electron chi connectivity index (χ3n) is 2.11. The van der Waals surface area contributed by atoms with Gasteiger partial charge in [0.05, 0.1) is 23.3 Å². The fourth-order valence-electron chi connectivity index (χ4n) is 1.14. The molecule has 1 aromatic heterocycles. The zero-order chi connectivity index (χ0) is 12.3. The van der Waals surface area contributed by atoms with Gasteiger partial charge in [-0.05, 0) is 13.8 Å². The Morgan fingerprint density at radius 1 is 1.69 bits per heavy atom. The minimum absolute atomic E-state index is 0.207. The molecule has 0 aliphatic carbocycles. The van der Waals surface area contributed by atoms with Gasteiger partial charge in [-0.1, -0.05) is 0 Å². The molecule has 16 heavy (non-hydrogen) atoms. The molecule has 0 N–H and O–H groups in total. The zero-order valence-electron chi connectivity index (χ0n) is 9.34. The second-order valence-corrected chi connectivity index (χ2v) is 6.85. The molecular formula is C9H13N3O2S2. The van der Waals surface area contributed by atoms with E-state index in [1.54, 1.807) is 6.07 Å². The van der Waals surface area contributed by atoms with E-state index in [0.29, 0.717) is 5.69 Å². The highest BCUT2D eigenvalue weighted by molar-refractivity contribution is 7.89. The van der Waals surface area contributed by atoms with Gasteiger partial charge in [-0.15, -0.1) is 11.3 Å². The first kappa shape index (κ1) is 13.1. The number of hydrogen-bond donors (Lipinski definition) is 0. The van der Waals surface area contributed by atoms with Crippen molar-refractivity contribution >= 4 is 21.4 Å². The highest BCUT2D eigenvalue weighted by Crippen LogP contribution is 2.13. The Morgan fingerprint density at radius 2 is 2.31 bits per heavy atom. The van der Waals surface area contributed by atoms with Crippen LogP contribution >= 0.6 is 11.3 Å². The molecule has 1 heterocycles. The van der Waals surface area contributed by atoms with E-state index in [9.17, 15) is 8.42 Å². The number of sulfonamides is 1. The van der Waals surface area contributed by atoms with E-state index in [0.717, 1.165) is 9.31 Å². The molecule has 1 rings (SSSR count). The lowest BCUT2D eigenvalue weighted by atomic mass is 10.5. The number of nitriles is 1. The van der Waals surface area contributed by atoms with Gasteiger partial charge >= 0.3 is 0 Å². The lowest BCUT2D eigenvalue weighted by Crippen LogP contribution is -2.33. The molecule has 0 fully saturated rings. The first-order valence-electron chi connectivity index (χ1n) is 4.63. The van der Waals surface area contributed by atoms with Crippen molar-refractivity contribution in [1.29, 1.82) is 5.26 Å². The van der Waals surface area contributed by atoms with Crippen molar-refractivity contribution in [3.63, 3.8) is 0 Å². The van der Waals surface area contributed by atoms with Gasteiger partial charge in [0.15, 0.2) is 5.25 Å². The molecule has 7 heteroatoms. The monoisotopic (exact) mass is 259 g/mol. The van der Waals surface area contributed by atoms with Crippen molar-refractivity contribution in [2.75, 3.05) is 7.05 Å². The van der Waals surface area contributed by atoms with Gasteiger partial charge in [0, 0.05) is 12.4 Å². The number of nitrogens with zero attached hydrogens (tertiary/aromatic N) is 3. The Kier molecular flexibility index (Phi) is 4.02. The summed E-state index contributed by atoms with van der Waals surface area (Å²) in [6.07, 6.45) is 0. The SMILES string of the molecule is Cc1nc(CN(C)S(=O)(=O)C(C)C#N)cs1. The lowest BCUT2D eigenvalue weighted by Gasteiger charge is -2.17. The molecule has 0 aliphatic rings. The summed E-state index contributed by atoms with van der Waals surface area (Å²) in [5, 5.41) is 10.3. The maximum Gasteiger partial charge on any atom is 0.230 e. The van der Waals surface area contributed by atoms with Gasteiger partial charge in [0.25, 0.3) is 0 Å². The van der Waals surface area contributed by atoms with Crippen LogP contribution in [-0.4, -0.2) is 30.0 Å². The molecule has 1 atom stereocenters. The van der Waals surface area contributed by atoms with Crippen LogP contribution in [0.15, 0.2) is 5.38 Å². The molecule has 0 spiro atoms. The minimum Gasteiger partial charge on any atom is -0.245 e. The van der Waals surface area contributed by atoms with Crippen molar-refractivity contribution in [2.24, 2.45) is 0 Å². The minimum atomic E-state index is -3.54. The van der Waals surface area contributed by atoms with E-state index in [-0.39, 0.29) is 6.54 Å². The van der Waals surface area contributed by atoms with Crippen LogP contribution in [-0.2, 0) is 16.6 Å². The van der Waals surface area contributed by atoms with Crippen molar-refractivity contribution in [3.8, 4) is 6.07 Å². The van der Waals surface area contributed by atoms with Crippen LogP contribution in [0.25, 0.3) is 0 Å². The quantitative estimate of drug-likeness (QED) is 0.812. The van der Waals surface area contributed by atoms with Crippen LogP contribution in [0.5, 0.6) is 0 Å². The third-order valence-corrected chi connectivity index (χ3v) is 4.93. The Labute approximate surface area is 99.4 Å². The molecular weight excluding hydrogens is 246 g/mol. The fourth-order valence-corrected chi connectivity index (χ4v) is 2.72. The molecule has 0 saturated carbocycles. The van der Waals surface area contributed by atoms with Crippen molar-refractivity contribution < 1.29 is 8.42 Å². The predicted molar refractivity (Wildman–Crippen MR) is 62.3 cm³/mol. The standard InChI is InChI=1S/C9H13N3O2S2/c1-7(4-10)16(13,14)12(3)5-9-6-15-8(2)11-9/h6-7H,5H2,1-3H3. The smallest absolute Gasteiger partial charge is 0.230 e. The zero-order valence-corrected chi connectivity index (χ0v) is 11.0. The fraction of sp³-hybridized carbons (Fsp3) is 0.556. The van der Waals surface area contributed by atoms with Crippen LogP contribution < -0.4 is 0 Å². The number of aryl methyl sites for hydroxylation is 1. The average molecular weight is 259 g/mol. The number of thiazole rings is 1.